The van der Waals surface area contributed by atoms with Gasteiger partial charge in [0.25, 0.3) is 0 Å². The number of aryl methyl sites for hydroxylation is 1. The van der Waals surface area contributed by atoms with Gasteiger partial charge in [0, 0.05) is 14.1 Å². The number of benzene rings is 1. The molecule has 0 aliphatic rings. The van der Waals surface area contributed by atoms with Crippen molar-refractivity contribution in [2.24, 2.45) is 0 Å². The van der Waals surface area contributed by atoms with Crippen LogP contribution in [0.4, 0.5) is 5.69 Å². The Morgan fingerprint density at radius 3 is 2.00 bits per heavy atom. The monoisotopic (exact) mass is 237 g/mol. The first-order valence-electron chi connectivity index (χ1n) is 6.55. The molecule has 0 aromatic heterocycles. The number of nitrogens with zero attached hydrogens (tertiary/aromatic N) is 1. The zero-order valence-corrected chi connectivity index (χ0v) is 12.0. The highest BCUT2D eigenvalue weighted by Crippen LogP contribution is 2.26. The average molecular weight is 237 g/mol. The molecule has 0 spiro atoms. The van der Waals surface area contributed by atoms with Gasteiger partial charge in [-0.2, -0.15) is 0 Å². The van der Waals surface area contributed by atoms with Gasteiger partial charge in [0.1, 0.15) is 5.75 Å². The van der Waals surface area contributed by atoms with Crippen molar-refractivity contribution in [1.82, 2.24) is 0 Å². The van der Waals surface area contributed by atoms with Crippen LogP contribution >= 0.6 is 0 Å². The van der Waals surface area contributed by atoms with Gasteiger partial charge in [-0.05, 0) is 24.1 Å². The van der Waals surface area contributed by atoms with E-state index in [9.17, 15) is 5.11 Å². The molecule has 2 heteroatoms. The Morgan fingerprint density at radius 1 is 1.06 bits per heavy atom. The highest BCUT2D eigenvalue weighted by molar-refractivity contribution is 5.58. The Kier molecular flexibility index (Phi) is 8.29. The van der Waals surface area contributed by atoms with Crippen LogP contribution in [0.1, 0.15) is 45.6 Å². The topological polar surface area (TPSA) is 23.5 Å². The summed E-state index contributed by atoms with van der Waals surface area (Å²) in [7, 11) is 3.85. The van der Waals surface area contributed by atoms with E-state index >= 15 is 0 Å². The lowest BCUT2D eigenvalue weighted by Crippen LogP contribution is -2.08. The van der Waals surface area contributed by atoms with Gasteiger partial charge in [0.2, 0.25) is 0 Å². The van der Waals surface area contributed by atoms with Gasteiger partial charge >= 0.3 is 0 Å². The van der Waals surface area contributed by atoms with Crippen LogP contribution < -0.4 is 4.90 Å². The minimum absolute atomic E-state index is 0.345. The van der Waals surface area contributed by atoms with Crippen molar-refractivity contribution in [2.45, 2.75) is 46.5 Å². The van der Waals surface area contributed by atoms with Gasteiger partial charge in [-0.1, -0.05) is 46.1 Å². The van der Waals surface area contributed by atoms with Gasteiger partial charge < -0.3 is 10.0 Å². The Morgan fingerprint density at radius 2 is 1.65 bits per heavy atom. The van der Waals surface area contributed by atoms with Crippen LogP contribution in [0.2, 0.25) is 0 Å². The highest BCUT2D eigenvalue weighted by Gasteiger charge is 2.02. The lowest BCUT2D eigenvalue weighted by atomic mass is 10.1. The summed E-state index contributed by atoms with van der Waals surface area (Å²) in [5.41, 5.74) is 2.13. The van der Waals surface area contributed by atoms with Gasteiger partial charge in [0.05, 0.1) is 5.69 Å². The molecular weight excluding hydrogens is 210 g/mol. The number of unbranched alkanes of at least 4 members (excludes halogenated alkanes) is 2. The first-order chi connectivity index (χ1) is 8.06. The number of phenols is 1. The zero-order valence-electron chi connectivity index (χ0n) is 12.0. The lowest BCUT2D eigenvalue weighted by molar-refractivity contribution is 0.475. The van der Waals surface area contributed by atoms with E-state index in [-0.39, 0.29) is 0 Å². The Balaban J connectivity index is 0.000000437. The van der Waals surface area contributed by atoms with Crippen LogP contribution in [0.15, 0.2) is 18.2 Å². The third-order valence-electron chi connectivity index (χ3n) is 2.64. The molecule has 0 atom stereocenters. The third-order valence-corrected chi connectivity index (χ3v) is 2.64. The molecule has 1 N–H and O–H groups in total. The van der Waals surface area contributed by atoms with Crippen LogP contribution in [-0.2, 0) is 6.42 Å². The summed E-state index contributed by atoms with van der Waals surface area (Å²) in [5, 5.41) is 9.46. The van der Waals surface area contributed by atoms with Gasteiger partial charge in [0.15, 0.2) is 0 Å². The van der Waals surface area contributed by atoms with Crippen molar-refractivity contribution in [3.63, 3.8) is 0 Å². The Labute approximate surface area is 106 Å². The predicted octanol–water partition coefficient (Wildman–Crippen LogP) is 4.22. The predicted molar refractivity (Wildman–Crippen MR) is 77.0 cm³/mol. The number of phenolic OH excluding ortho intramolecular Hbond substituents is 1. The first-order valence-corrected chi connectivity index (χ1v) is 6.55. The van der Waals surface area contributed by atoms with Crippen molar-refractivity contribution in [3.8, 4) is 5.75 Å². The molecule has 0 fully saturated rings. The molecule has 0 saturated carbocycles. The molecule has 0 aliphatic carbocycles. The van der Waals surface area contributed by atoms with Crippen LogP contribution in [-0.4, -0.2) is 19.2 Å². The summed E-state index contributed by atoms with van der Waals surface area (Å²) in [6.07, 6.45) is 5.08. The molecule has 1 aromatic carbocycles. The molecule has 0 heterocycles. The second-order valence-electron chi connectivity index (χ2n) is 4.42. The molecular formula is C15H27NO. The summed E-state index contributed by atoms with van der Waals surface area (Å²) in [4.78, 5) is 1.91. The smallest absolute Gasteiger partial charge is 0.138 e. The van der Waals surface area contributed by atoms with E-state index in [0.29, 0.717) is 5.75 Å². The molecule has 98 valence electrons. The van der Waals surface area contributed by atoms with Crippen LogP contribution in [0.25, 0.3) is 0 Å². The second-order valence-corrected chi connectivity index (χ2v) is 4.42. The molecule has 0 amide bonds. The van der Waals surface area contributed by atoms with Crippen LogP contribution in [0.3, 0.4) is 0 Å². The first kappa shape index (κ1) is 15.8. The number of anilines is 1. The molecule has 1 rings (SSSR count). The SMILES string of the molecule is CCCCC.CCc1ccc(O)c(N(C)C)c1. The van der Waals surface area contributed by atoms with E-state index in [2.05, 4.69) is 20.8 Å². The maximum absolute atomic E-state index is 9.46. The average Bonchev–Trinajstić information content (AvgIpc) is 2.31. The van der Waals surface area contributed by atoms with Gasteiger partial charge in [-0.3, -0.25) is 0 Å². The summed E-state index contributed by atoms with van der Waals surface area (Å²) in [6, 6.07) is 5.70. The van der Waals surface area contributed by atoms with Crippen LogP contribution in [0, 0.1) is 0 Å². The summed E-state index contributed by atoms with van der Waals surface area (Å²) in [5.74, 6) is 0.345. The standard InChI is InChI=1S/C10H15NO.C5H12/c1-4-8-5-6-10(12)9(7-8)11(2)3;1-3-5-4-2/h5-7,12H,4H2,1-3H3;3-5H2,1-2H3. The fourth-order valence-corrected chi connectivity index (χ4v) is 1.50. The van der Waals surface area contributed by atoms with Crippen molar-refractivity contribution in [3.05, 3.63) is 23.8 Å². The number of hydrogen-bond donors (Lipinski definition) is 1. The van der Waals surface area contributed by atoms with E-state index in [1.807, 2.05) is 31.1 Å². The normalized spacial score (nSPS) is 9.47. The Hall–Kier alpha value is -1.18. The molecule has 17 heavy (non-hydrogen) atoms. The van der Waals surface area contributed by atoms with Gasteiger partial charge in [-0.25, -0.2) is 0 Å². The zero-order chi connectivity index (χ0) is 13.3. The lowest BCUT2D eigenvalue weighted by Gasteiger charge is -2.14. The maximum Gasteiger partial charge on any atom is 0.138 e. The quantitative estimate of drug-likeness (QED) is 0.847. The number of aromatic hydroxyl groups is 1. The highest BCUT2D eigenvalue weighted by atomic mass is 16.3. The van der Waals surface area contributed by atoms with Crippen LogP contribution in [0.5, 0.6) is 5.75 Å². The molecule has 2 nitrogen and oxygen atoms in total. The summed E-state index contributed by atoms with van der Waals surface area (Å²) < 4.78 is 0. The summed E-state index contributed by atoms with van der Waals surface area (Å²) in [6.45, 7) is 6.53. The molecule has 0 bridgehead atoms. The minimum Gasteiger partial charge on any atom is -0.506 e. The third kappa shape index (κ3) is 6.20. The maximum atomic E-state index is 9.46. The molecule has 1 aromatic rings. The number of hydrogen-bond acceptors (Lipinski definition) is 2. The van der Waals surface area contributed by atoms with Crippen molar-refractivity contribution in [1.29, 1.82) is 0 Å². The molecule has 0 radical (unpaired) electrons. The fourth-order valence-electron chi connectivity index (χ4n) is 1.50. The van der Waals surface area contributed by atoms with E-state index in [0.717, 1.165) is 12.1 Å². The number of rotatable bonds is 4. The van der Waals surface area contributed by atoms with Gasteiger partial charge in [-0.15, -0.1) is 0 Å². The minimum atomic E-state index is 0.345. The fraction of sp³-hybridized carbons (Fsp3) is 0.600. The van der Waals surface area contributed by atoms with E-state index < -0.39 is 0 Å². The van der Waals surface area contributed by atoms with Crippen molar-refractivity contribution in [2.75, 3.05) is 19.0 Å². The van der Waals surface area contributed by atoms with Crippen molar-refractivity contribution < 1.29 is 5.11 Å². The molecule has 0 aliphatic heterocycles. The van der Waals surface area contributed by atoms with E-state index in [1.165, 1.54) is 24.8 Å². The Bertz CT molecular complexity index is 306. The largest absolute Gasteiger partial charge is 0.506 e. The van der Waals surface area contributed by atoms with E-state index in [1.54, 1.807) is 6.07 Å². The second kappa shape index (κ2) is 8.91. The molecule has 0 saturated heterocycles. The van der Waals surface area contributed by atoms with E-state index in [4.69, 9.17) is 0 Å². The molecule has 0 unspecified atom stereocenters. The van der Waals surface area contributed by atoms with Crippen molar-refractivity contribution >= 4 is 5.69 Å². The summed E-state index contributed by atoms with van der Waals surface area (Å²) >= 11 is 0.